The number of nitrogens with zero attached hydrogens (tertiary/aromatic N) is 2. The van der Waals surface area contributed by atoms with Gasteiger partial charge < -0.3 is 15.4 Å². The summed E-state index contributed by atoms with van der Waals surface area (Å²) >= 11 is 0. The van der Waals surface area contributed by atoms with Crippen molar-refractivity contribution in [3.63, 3.8) is 0 Å². The first kappa shape index (κ1) is 23.8. The summed E-state index contributed by atoms with van der Waals surface area (Å²) in [4.78, 5) is 7.74. The maximum Gasteiger partial charge on any atom is 0.148 e. The summed E-state index contributed by atoms with van der Waals surface area (Å²) in [5.74, 6) is -0.340. The lowest BCUT2D eigenvalue weighted by Crippen LogP contribution is -2.54. The first-order valence-corrected chi connectivity index (χ1v) is 12.8. The highest BCUT2D eigenvalue weighted by Crippen LogP contribution is 2.52. The summed E-state index contributed by atoms with van der Waals surface area (Å²) in [6.45, 7) is 3.60. The van der Waals surface area contributed by atoms with Crippen LogP contribution in [0.3, 0.4) is 0 Å². The highest BCUT2D eigenvalue weighted by atomic mass is 19.1. The van der Waals surface area contributed by atoms with Gasteiger partial charge in [-0.1, -0.05) is 24.3 Å². The van der Waals surface area contributed by atoms with Crippen molar-refractivity contribution in [2.24, 2.45) is 0 Å². The molecule has 3 atom stereocenters. The van der Waals surface area contributed by atoms with E-state index in [1.54, 1.807) is 6.07 Å². The average molecular weight is 499 g/mol. The zero-order valence-corrected chi connectivity index (χ0v) is 20.5. The molecule has 3 aromatic rings. The Balaban J connectivity index is 1.33. The topological polar surface area (TPSA) is 54.5 Å². The third-order valence-corrected chi connectivity index (χ3v) is 8.35. The lowest BCUT2D eigenvalue weighted by Gasteiger charge is -2.45. The molecule has 36 heavy (non-hydrogen) atoms. The minimum Gasteiger partial charge on any atom is -0.393 e. The Morgan fingerprint density at radius 1 is 1.19 bits per heavy atom. The lowest BCUT2D eigenvalue weighted by molar-refractivity contribution is 0.0709. The fourth-order valence-electron chi connectivity index (χ4n) is 6.72. The number of rotatable bonds is 7. The molecule has 0 saturated carbocycles. The summed E-state index contributed by atoms with van der Waals surface area (Å²) in [5.41, 5.74) is 1.94. The van der Waals surface area contributed by atoms with Gasteiger partial charge >= 0.3 is 0 Å². The van der Waals surface area contributed by atoms with Gasteiger partial charge in [-0.15, -0.1) is 0 Å². The van der Waals surface area contributed by atoms with Crippen LogP contribution in [0.1, 0.15) is 42.6 Å². The predicted octanol–water partition coefficient (Wildman–Crippen LogP) is 4.57. The van der Waals surface area contributed by atoms with Crippen LogP contribution in [0, 0.1) is 5.82 Å². The number of aromatic amines is 1. The number of aromatic nitrogens is 1. The Morgan fingerprint density at radius 3 is 2.75 bits per heavy atom. The number of hydrogen-bond donors (Lipinski definition) is 3. The third-order valence-electron chi connectivity index (χ3n) is 8.35. The fourth-order valence-corrected chi connectivity index (χ4v) is 6.72. The first-order chi connectivity index (χ1) is 17.3. The van der Waals surface area contributed by atoms with Gasteiger partial charge in [-0.3, -0.25) is 14.2 Å². The molecule has 0 bridgehead atoms. The second kappa shape index (κ2) is 8.78. The Hall–Kier alpha value is -2.55. The molecule has 4 heterocycles. The van der Waals surface area contributed by atoms with E-state index in [1.807, 2.05) is 36.1 Å². The molecule has 2 saturated heterocycles. The molecule has 0 radical (unpaired) electrons. The lowest BCUT2D eigenvalue weighted by atomic mass is 9.80. The van der Waals surface area contributed by atoms with Crippen LogP contribution in [0.5, 0.6) is 0 Å². The van der Waals surface area contributed by atoms with Crippen molar-refractivity contribution in [1.29, 1.82) is 0 Å². The summed E-state index contributed by atoms with van der Waals surface area (Å²) in [6, 6.07) is 13.0. The highest BCUT2D eigenvalue weighted by Gasteiger charge is 2.57. The van der Waals surface area contributed by atoms with Crippen molar-refractivity contribution in [2.75, 3.05) is 44.8 Å². The number of fused-ring (bicyclic) bond motifs is 4. The van der Waals surface area contributed by atoms with Crippen molar-refractivity contribution in [3.05, 3.63) is 65.1 Å². The molecule has 3 unspecified atom stereocenters. The van der Waals surface area contributed by atoms with Crippen molar-refractivity contribution in [1.82, 2.24) is 14.8 Å². The minimum absolute atomic E-state index is 0.0513. The van der Waals surface area contributed by atoms with Crippen LogP contribution in [0.15, 0.2) is 42.5 Å². The van der Waals surface area contributed by atoms with E-state index in [4.69, 9.17) is 0 Å². The molecular formula is C28H33F3N4O. The zero-order chi connectivity index (χ0) is 25.1. The average Bonchev–Trinajstić information content (AvgIpc) is 3.33. The van der Waals surface area contributed by atoms with E-state index < -0.39 is 23.9 Å². The molecule has 6 rings (SSSR count). The van der Waals surface area contributed by atoms with Gasteiger partial charge in [-0.2, -0.15) is 0 Å². The molecule has 192 valence electrons. The maximum atomic E-state index is 15.8. The monoisotopic (exact) mass is 498 g/mol. The van der Waals surface area contributed by atoms with Crippen LogP contribution in [-0.4, -0.2) is 76.6 Å². The quantitative estimate of drug-likeness (QED) is 0.447. The largest absolute Gasteiger partial charge is 0.393 e. The number of alkyl halides is 2. The molecule has 0 amide bonds. The van der Waals surface area contributed by atoms with Gasteiger partial charge in [0.1, 0.15) is 11.5 Å². The second-order valence-corrected chi connectivity index (χ2v) is 11.1. The molecule has 2 fully saturated rings. The summed E-state index contributed by atoms with van der Waals surface area (Å²) in [6.07, 6.45) is 1.38. The molecule has 0 aliphatic carbocycles. The molecule has 0 spiro atoms. The van der Waals surface area contributed by atoms with Crippen molar-refractivity contribution < 1.29 is 18.3 Å². The van der Waals surface area contributed by atoms with Crippen LogP contribution in [0.2, 0.25) is 0 Å². The number of H-pyrrole nitrogens is 1. The van der Waals surface area contributed by atoms with Crippen molar-refractivity contribution >= 4 is 16.6 Å². The minimum atomic E-state index is -1.72. The Bertz CT molecular complexity index is 1270. The van der Waals surface area contributed by atoms with E-state index in [0.717, 1.165) is 41.8 Å². The molecule has 3 aliphatic rings. The Labute approximate surface area is 209 Å². The van der Waals surface area contributed by atoms with Gasteiger partial charge in [0.2, 0.25) is 0 Å². The normalized spacial score (nSPS) is 28.8. The number of nitrogens with one attached hydrogen (secondary N) is 2. The fraction of sp³-hybridized carbons (Fsp3) is 0.500. The number of halogens is 3. The van der Waals surface area contributed by atoms with Crippen LogP contribution in [0.25, 0.3) is 10.9 Å². The predicted molar refractivity (Wildman–Crippen MR) is 135 cm³/mol. The van der Waals surface area contributed by atoms with Crippen LogP contribution in [-0.2, 0) is 6.42 Å². The first-order valence-electron chi connectivity index (χ1n) is 12.8. The second-order valence-electron chi connectivity index (χ2n) is 11.1. The van der Waals surface area contributed by atoms with Crippen LogP contribution >= 0.6 is 0 Å². The van der Waals surface area contributed by atoms with Crippen LogP contribution in [0.4, 0.5) is 18.9 Å². The van der Waals surface area contributed by atoms with Gasteiger partial charge in [-0.25, -0.2) is 8.78 Å². The number of aliphatic hydroxyl groups is 1. The van der Waals surface area contributed by atoms with Gasteiger partial charge in [-0.05, 0) is 43.5 Å². The van der Waals surface area contributed by atoms with Crippen molar-refractivity contribution in [3.8, 4) is 0 Å². The zero-order valence-electron chi connectivity index (χ0n) is 20.5. The number of para-hydroxylation sites is 1. The number of likely N-dealkylation sites (tertiary alicyclic amines) is 1. The van der Waals surface area contributed by atoms with Gasteiger partial charge in [0, 0.05) is 66.0 Å². The number of benzene rings is 2. The SMILES string of the molecule is CC12Cc3c([nH]c4ccccc34)C(c3ccc(NC4CN(CCCF)C4)cc3F)N1CC(F)(CO)C2. The summed E-state index contributed by atoms with van der Waals surface area (Å²) < 4.78 is 43.7. The summed E-state index contributed by atoms with van der Waals surface area (Å²) in [7, 11) is 0. The molecule has 1 aromatic heterocycles. The Morgan fingerprint density at radius 2 is 2.00 bits per heavy atom. The number of aliphatic hydroxyl groups excluding tert-OH is 1. The Kier molecular flexibility index (Phi) is 5.81. The van der Waals surface area contributed by atoms with Gasteiger partial charge in [0.15, 0.2) is 0 Å². The standard InChI is InChI=1S/C28H33F3N4O/c1-27-12-22-20-5-2-3-6-24(20)33-25(22)26(35(27)16-28(31,15-27)17-36)21-8-7-18(11-23(21)30)32-19-13-34(14-19)10-4-9-29/h2-3,5-8,11,19,26,32-33,36H,4,9-10,12-17H2,1H3. The van der Waals surface area contributed by atoms with E-state index in [2.05, 4.69) is 21.3 Å². The molecule has 2 aromatic carbocycles. The number of hydrogen-bond acceptors (Lipinski definition) is 4. The molecule has 3 aliphatic heterocycles. The van der Waals surface area contributed by atoms with Gasteiger partial charge in [0.05, 0.1) is 25.4 Å². The third kappa shape index (κ3) is 3.90. The smallest absolute Gasteiger partial charge is 0.148 e. The van der Waals surface area contributed by atoms with E-state index in [1.165, 1.54) is 6.07 Å². The highest BCUT2D eigenvalue weighted by molar-refractivity contribution is 5.85. The van der Waals surface area contributed by atoms with E-state index in [-0.39, 0.29) is 31.5 Å². The maximum absolute atomic E-state index is 15.8. The number of anilines is 1. The summed E-state index contributed by atoms with van der Waals surface area (Å²) in [5, 5.41) is 14.3. The van der Waals surface area contributed by atoms with Gasteiger partial charge in [0.25, 0.3) is 0 Å². The molecule has 5 nitrogen and oxygen atoms in total. The van der Waals surface area contributed by atoms with Crippen molar-refractivity contribution in [2.45, 2.75) is 49.5 Å². The van der Waals surface area contributed by atoms with Crippen LogP contribution < -0.4 is 5.32 Å². The van der Waals surface area contributed by atoms with E-state index in [0.29, 0.717) is 24.1 Å². The molecule has 3 N–H and O–H groups in total. The van der Waals surface area contributed by atoms with E-state index in [9.17, 15) is 9.50 Å². The molecular weight excluding hydrogens is 465 g/mol. The van der Waals surface area contributed by atoms with E-state index >= 15 is 8.78 Å². The molecule has 8 heteroatoms.